The molecule has 1 aromatic heterocycles. The van der Waals surface area contributed by atoms with Crippen molar-refractivity contribution < 1.29 is 19.1 Å². The van der Waals surface area contributed by atoms with Gasteiger partial charge in [0, 0.05) is 25.4 Å². The standard InChI is InChI=1S/C19H24FN3O3S/c1-4-19(5-2,17(25)26)12-21-10-15-11-27-18(22-15)23(13(3)24)16-8-6-14(20)7-9-16/h6-9,11,21H,4-5,10,12H2,1-3H3,(H,25,26). The van der Waals surface area contributed by atoms with E-state index in [1.807, 2.05) is 19.2 Å². The maximum Gasteiger partial charge on any atom is 0.310 e. The Morgan fingerprint density at radius 2 is 1.89 bits per heavy atom. The number of amides is 1. The molecule has 146 valence electrons. The molecule has 0 aliphatic heterocycles. The molecule has 0 saturated carbocycles. The number of carboxylic acids is 1. The second-order valence-electron chi connectivity index (χ2n) is 6.35. The SMILES string of the molecule is CCC(CC)(CNCc1csc(N(C(C)=O)c2ccc(F)cc2)n1)C(=O)O. The van der Waals surface area contributed by atoms with Crippen LogP contribution >= 0.6 is 11.3 Å². The Balaban J connectivity index is 2.09. The number of carboxylic acid groups (broad SMARTS) is 1. The number of carbonyl (C=O) groups excluding carboxylic acids is 1. The summed E-state index contributed by atoms with van der Waals surface area (Å²) >= 11 is 1.30. The van der Waals surface area contributed by atoms with Crippen LogP contribution in [0.25, 0.3) is 0 Å². The fraction of sp³-hybridized carbons (Fsp3) is 0.421. The molecule has 2 N–H and O–H groups in total. The van der Waals surface area contributed by atoms with Crippen molar-refractivity contribution in [1.82, 2.24) is 10.3 Å². The summed E-state index contributed by atoms with van der Waals surface area (Å²) in [4.78, 5) is 29.5. The van der Waals surface area contributed by atoms with Crippen molar-refractivity contribution >= 4 is 34.0 Å². The van der Waals surface area contributed by atoms with Gasteiger partial charge >= 0.3 is 5.97 Å². The molecule has 27 heavy (non-hydrogen) atoms. The van der Waals surface area contributed by atoms with Crippen LogP contribution in [0.3, 0.4) is 0 Å². The third kappa shape index (κ3) is 4.90. The molecule has 1 heterocycles. The van der Waals surface area contributed by atoms with Crippen molar-refractivity contribution in [2.24, 2.45) is 5.41 Å². The quantitative estimate of drug-likeness (QED) is 0.674. The summed E-state index contributed by atoms with van der Waals surface area (Å²) in [6.07, 6.45) is 1.08. The molecule has 0 saturated heterocycles. The summed E-state index contributed by atoms with van der Waals surface area (Å²) < 4.78 is 13.1. The molecule has 0 aliphatic carbocycles. The number of benzene rings is 1. The van der Waals surface area contributed by atoms with E-state index in [0.29, 0.717) is 36.8 Å². The minimum Gasteiger partial charge on any atom is -0.481 e. The van der Waals surface area contributed by atoms with E-state index in [0.717, 1.165) is 5.69 Å². The van der Waals surface area contributed by atoms with Gasteiger partial charge in [0.1, 0.15) is 5.82 Å². The lowest BCUT2D eigenvalue weighted by Gasteiger charge is -2.26. The number of halogens is 1. The fourth-order valence-corrected chi connectivity index (χ4v) is 3.69. The number of hydrogen-bond acceptors (Lipinski definition) is 5. The summed E-state index contributed by atoms with van der Waals surface area (Å²) in [5.41, 5.74) is 0.466. The van der Waals surface area contributed by atoms with Crippen LogP contribution in [-0.2, 0) is 16.1 Å². The highest BCUT2D eigenvalue weighted by Crippen LogP contribution is 2.29. The molecule has 0 radical (unpaired) electrons. The Morgan fingerprint density at radius 3 is 2.41 bits per heavy atom. The maximum atomic E-state index is 13.1. The normalized spacial score (nSPS) is 11.4. The largest absolute Gasteiger partial charge is 0.481 e. The molecule has 0 fully saturated rings. The molecule has 1 amide bonds. The molecule has 0 aliphatic rings. The van der Waals surface area contributed by atoms with Gasteiger partial charge in [-0.2, -0.15) is 0 Å². The number of nitrogens with one attached hydrogen (secondary N) is 1. The van der Waals surface area contributed by atoms with Gasteiger partial charge in [-0.15, -0.1) is 11.3 Å². The van der Waals surface area contributed by atoms with Gasteiger partial charge in [0.25, 0.3) is 0 Å². The molecule has 0 spiro atoms. The van der Waals surface area contributed by atoms with Gasteiger partial charge in [0.15, 0.2) is 5.13 Å². The first-order chi connectivity index (χ1) is 12.8. The first kappa shape index (κ1) is 21.0. The van der Waals surface area contributed by atoms with E-state index < -0.39 is 11.4 Å². The summed E-state index contributed by atoms with van der Waals surface area (Å²) in [5.74, 6) is -1.41. The van der Waals surface area contributed by atoms with Crippen molar-refractivity contribution in [2.45, 2.75) is 40.2 Å². The first-order valence-corrected chi connectivity index (χ1v) is 9.65. The lowest BCUT2D eigenvalue weighted by Crippen LogP contribution is -2.40. The van der Waals surface area contributed by atoms with Crippen molar-refractivity contribution in [3.8, 4) is 0 Å². The summed E-state index contributed by atoms with van der Waals surface area (Å²) in [6.45, 7) is 5.91. The predicted molar refractivity (Wildman–Crippen MR) is 104 cm³/mol. The number of anilines is 2. The van der Waals surface area contributed by atoms with Crippen LogP contribution in [-0.4, -0.2) is 28.5 Å². The van der Waals surface area contributed by atoms with Gasteiger partial charge in [0.05, 0.1) is 16.8 Å². The van der Waals surface area contributed by atoms with Crippen molar-refractivity contribution in [1.29, 1.82) is 0 Å². The number of rotatable bonds is 9. The minimum absolute atomic E-state index is 0.225. The molecular weight excluding hydrogens is 369 g/mol. The lowest BCUT2D eigenvalue weighted by molar-refractivity contribution is -0.149. The van der Waals surface area contributed by atoms with E-state index in [2.05, 4.69) is 10.3 Å². The first-order valence-electron chi connectivity index (χ1n) is 8.77. The Labute approximate surface area is 162 Å². The predicted octanol–water partition coefficient (Wildman–Crippen LogP) is 3.95. The summed E-state index contributed by atoms with van der Waals surface area (Å²) in [6, 6.07) is 5.64. The number of thiazole rings is 1. The topological polar surface area (TPSA) is 82.5 Å². The molecule has 0 atom stereocenters. The van der Waals surface area contributed by atoms with Crippen LogP contribution in [0.15, 0.2) is 29.6 Å². The number of aliphatic carboxylic acids is 1. The molecule has 8 heteroatoms. The van der Waals surface area contributed by atoms with E-state index in [-0.39, 0.29) is 11.7 Å². The molecule has 0 bridgehead atoms. The van der Waals surface area contributed by atoms with Crippen LogP contribution in [0.2, 0.25) is 0 Å². The zero-order chi connectivity index (χ0) is 20.0. The minimum atomic E-state index is -0.807. The highest BCUT2D eigenvalue weighted by molar-refractivity contribution is 7.14. The number of aromatic nitrogens is 1. The lowest BCUT2D eigenvalue weighted by atomic mass is 9.82. The molecule has 2 rings (SSSR count). The summed E-state index contributed by atoms with van der Waals surface area (Å²) in [5, 5.41) is 15.0. The van der Waals surface area contributed by atoms with E-state index in [1.165, 1.54) is 47.4 Å². The van der Waals surface area contributed by atoms with E-state index in [4.69, 9.17) is 0 Å². The molecule has 1 aromatic carbocycles. The average Bonchev–Trinajstić information content (AvgIpc) is 3.08. The third-order valence-corrected chi connectivity index (χ3v) is 5.58. The Bertz CT molecular complexity index is 788. The molecule has 0 unspecified atom stereocenters. The van der Waals surface area contributed by atoms with Gasteiger partial charge in [-0.3, -0.25) is 14.5 Å². The Morgan fingerprint density at radius 1 is 1.26 bits per heavy atom. The van der Waals surface area contributed by atoms with Crippen LogP contribution in [0.1, 0.15) is 39.3 Å². The van der Waals surface area contributed by atoms with E-state index in [9.17, 15) is 19.1 Å². The Kier molecular flexibility index (Phi) is 7.04. The van der Waals surface area contributed by atoms with Gasteiger partial charge in [-0.05, 0) is 37.1 Å². The monoisotopic (exact) mass is 393 g/mol. The zero-order valence-electron chi connectivity index (χ0n) is 15.7. The fourth-order valence-electron chi connectivity index (χ4n) is 2.81. The number of hydrogen-bond donors (Lipinski definition) is 2. The van der Waals surface area contributed by atoms with Gasteiger partial charge < -0.3 is 10.4 Å². The number of nitrogens with zero attached hydrogens (tertiary/aromatic N) is 2. The second-order valence-corrected chi connectivity index (χ2v) is 7.18. The van der Waals surface area contributed by atoms with Crippen LogP contribution < -0.4 is 10.2 Å². The highest BCUT2D eigenvalue weighted by Gasteiger charge is 2.34. The van der Waals surface area contributed by atoms with Crippen molar-refractivity contribution in [2.75, 3.05) is 11.4 Å². The second kappa shape index (κ2) is 9.05. The Hall–Kier alpha value is -2.32. The molecule has 2 aromatic rings. The van der Waals surface area contributed by atoms with Crippen molar-refractivity contribution in [3.63, 3.8) is 0 Å². The molecular formula is C19H24FN3O3S. The zero-order valence-corrected chi connectivity index (χ0v) is 16.5. The van der Waals surface area contributed by atoms with Gasteiger partial charge in [0.2, 0.25) is 5.91 Å². The van der Waals surface area contributed by atoms with Crippen LogP contribution in [0.5, 0.6) is 0 Å². The maximum absolute atomic E-state index is 13.1. The van der Waals surface area contributed by atoms with Crippen LogP contribution in [0, 0.1) is 11.2 Å². The third-order valence-electron chi connectivity index (χ3n) is 4.71. The average molecular weight is 393 g/mol. The van der Waals surface area contributed by atoms with E-state index >= 15 is 0 Å². The molecule has 6 nitrogen and oxygen atoms in total. The van der Waals surface area contributed by atoms with Gasteiger partial charge in [-0.1, -0.05) is 13.8 Å². The summed E-state index contributed by atoms with van der Waals surface area (Å²) in [7, 11) is 0. The van der Waals surface area contributed by atoms with Crippen molar-refractivity contribution in [3.05, 3.63) is 41.2 Å². The highest BCUT2D eigenvalue weighted by atomic mass is 32.1. The van der Waals surface area contributed by atoms with Gasteiger partial charge in [-0.25, -0.2) is 9.37 Å². The number of carbonyl (C=O) groups is 2. The van der Waals surface area contributed by atoms with Crippen LogP contribution in [0.4, 0.5) is 15.2 Å². The smallest absolute Gasteiger partial charge is 0.310 e. The van der Waals surface area contributed by atoms with E-state index in [1.54, 1.807) is 0 Å².